The molecule has 0 saturated carbocycles. The van der Waals surface area contributed by atoms with Crippen molar-refractivity contribution in [3.8, 4) is 11.5 Å². The topological polar surface area (TPSA) is 71.8 Å². The highest BCUT2D eigenvalue weighted by molar-refractivity contribution is 7.22. The summed E-state index contributed by atoms with van der Waals surface area (Å²) in [5.74, 6) is 0.110. The number of aliphatic imine (C=N–C) groups is 1. The Morgan fingerprint density at radius 1 is 0.971 bits per heavy atom. The second-order valence-electron chi connectivity index (χ2n) is 8.70. The smallest absolute Gasteiger partial charge is 0.311 e. The molecule has 34 heavy (non-hydrogen) atoms. The fourth-order valence-corrected chi connectivity index (χ4v) is 4.66. The average molecular weight is 481 g/mol. The van der Waals surface area contributed by atoms with Gasteiger partial charge in [0.05, 0.1) is 10.2 Å². The van der Waals surface area contributed by atoms with E-state index in [0.717, 1.165) is 23.1 Å². The van der Waals surface area contributed by atoms with E-state index in [-0.39, 0.29) is 11.7 Å². The van der Waals surface area contributed by atoms with Crippen LogP contribution in [-0.4, -0.2) is 22.3 Å². The third-order valence-corrected chi connectivity index (χ3v) is 6.76. The van der Waals surface area contributed by atoms with Gasteiger partial charge in [-0.3, -0.25) is 4.79 Å². The summed E-state index contributed by atoms with van der Waals surface area (Å²) in [4.78, 5) is 21.0. The van der Waals surface area contributed by atoms with Crippen LogP contribution in [0, 0.1) is 0 Å². The number of carbonyl (C=O) groups is 1. The lowest BCUT2D eigenvalue weighted by Crippen LogP contribution is -2.07. The summed E-state index contributed by atoms with van der Waals surface area (Å²) in [7, 11) is 0. The lowest BCUT2D eigenvalue weighted by atomic mass is 10.1. The van der Waals surface area contributed by atoms with E-state index in [4.69, 9.17) is 4.74 Å². The predicted molar refractivity (Wildman–Crippen MR) is 142 cm³/mol. The summed E-state index contributed by atoms with van der Waals surface area (Å²) < 4.78 is 6.46. The van der Waals surface area contributed by atoms with Gasteiger partial charge in [-0.15, -0.1) is 0 Å². The average Bonchev–Trinajstić information content (AvgIpc) is 3.25. The van der Waals surface area contributed by atoms with E-state index in [1.54, 1.807) is 18.3 Å². The number of thiazole rings is 1. The Bertz CT molecular complexity index is 1030. The third-order valence-electron chi connectivity index (χ3n) is 5.81. The lowest BCUT2D eigenvalue weighted by molar-refractivity contribution is -0.134. The summed E-state index contributed by atoms with van der Waals surface area (Å²) in [5, 5.41) is 10.9. The number of phenolic OH excluding ortho intramolecular Hbond substituents is 1. The first-order valence-corrected chi connectivity index (χ1v) is 13.4. The van der Waals surface area contributed by atoms with Crippen LogP contribution in [-0.2, 0) is 4.79 Å². The highest BCUT2D eigenvalue weighted by Gasteiger charge is 2.08. The number of benzene rings is 2. The number of para-hydroxylation sites is 1. The van der Waals surface area contributed by atoms with Crippen LogP contribution in [0.1, 0.15) is 89.5 Å². The van der Waals surface area contributed by atoms with E-state index in [1.807, 2.05) is 24.3 Å². The first-order chi connectivity index (χ1) is 16.7. The number of esters is 1. The van der Waals surface area contributed by atoms with Gasteiger partial charge >= 0.3 is 5.97 Å². The van der Waals surface area contributed by atoms with Gasteiger partial charge in [0.2, 0.25) is 5.13 Å². The van der Waals surface area contributed by atoms with Gasteiger partial charge in [0, 0.05) is 24.3 Å². The zero-order chi connectivity index (χ0) is 24.0. The number of rotatable bonds is 15. The fraction of sp³-hybridized carbons (Fsp3) is 0.464. The Balaban J connectivity index is 1.33. The molecule has 0 atom stereocenters. The highest BCUT2D eigenvalue weighted by atomic mass is 32.1. The monoisotopic (exact) mass is 480 g/mol. The Labute approximate surface area is 206 Å². The minimum Gasteiger partial charge on any atom is -0.507 e. The molecule has 0 unspecified atom stereocenters. The van der Waals surface area contributed by atoms with Gasteiger partial charge in [-0.2, -0.15) is 0 Å². The van der Waals surface area contributed by atoms with Crippen molar-refractivity contribution in [2.75, 3.05) is 0 Å². The van der Waals surface area contributed by atoms with Gasteiger partial charge in [-0.25, -0.2) is 9.98 Å². The van der Waals surface area contributed by atoms with Crippen molar-refractivity contribution in [2.45, 2.75) is 84.0 Å². The summed E-state index contributed by atoms with van der Waals surface area (Å²) in [6, 6.07) is 12.7. The van der Waals surface area contributed by atoms with Crippen molar-refractivity contribution in [1.82, 2.24) is 4.98 Å². The molecule has 0 aliphatic carbocycles. The Morgan fingerprint density at radius 3 is 2.32 bits per heavy atom. The van der Waals surface area contributed by atoms with Crippen molar-refractivity contribution < 1.29 is 14.6 Å². The molecule has 1 N–H and O–H groups in total. The molecular weight excluding hydrogens is 444 g/mol. The third kappa shape index (κ3) is 8.90. The molecule has 0 radical (unpaired) electrons. The molecule has 0 spiro atoms. The standard InChI is InChI=1S/C28H36N2O3S/c1-2-3-4-5-6-7-8-9-10-11-12-17-27(32)33-23-19-18-22(25(31)20-23)21-29-28-30-24-15-13-14-16-26(24)34-28/h13-16,18-21,31H,2-12,17H2,1H3/b29-21+. The maximum Gasteiger partial charge on any atom is 0.311 e. The maximum atomic E-state index is 12.1. The Morgan fingerprint density at radius 2 is 1.65 bits per heavy atom. The van der Waals surface area contributed by atoms with Crippen molar-refractivity contribution in [2.24, 2.45) is 4.99 Å². The molecule has 0 aliphatic rings. The number of aromatic nitrogens is 1. The minimum absolute atomic E-state index is 0.0184. The largest absolute Gasteiger partial charge is 0.507 e. The van der Waals surface area contributed by atoms with Gasteiger partial charge < -0.3 is 9.84 Å². The maximum absolute atomic E-state index is 12.1. The van der Waals surface area contributed by atoms with Gasteiger partial charge in [0.1, 0.15) is 11.5 Å². The van der Waals surface area contributed by atoms with Gasteiger partial charge in [-0.1, -0.05) is 94.6 Å². The van der Waals surface area contributed by atoms with Crippen molar-refractivity contribution >= 4 is 38.9 Å². The number of nitrogens with zero attached hydrogens (tertiary/aromatic N) is 2. The molecule has 0 bridgehead atoms. The summed E-state index contributed by atoms with van der Waals surface area (Å²) in [6.45, 7) is 2.25. The Kier molecular flexibility index (Phi) is 11.0. The molecule has 3 aromatic rings. The molecule has 0 aliphatic heterocycles. The fourth-order valence-electron chi connectivity index (χ4n) is 3.85. The first-order valence-electron chi connectivity index (χ1n) is 12.6. The number of hydrogen-bond acceptors (Lipinski definition) is 6. The number of ether oxygens (including phenoxy) is 1. The molecule has 3 rings (SSSR count). The van der Waals surface area contributed by atoms with Crippen LogP contribution in [0.15, 0.2) is 47.5 Å². The van der Waals surface area contributed by atoms with Crippen LogP contribution >= 0.6 is 11.3 Å². The van der Waals surface area contributed by atoms with Crippen molar-refractivity contribution in [3.63, 3.8) is 0 Å². The van der Waals surface area contributed by atoms with Crippen LogP contribution < -0.4 is 4.74 Å². The second kappa shape index (κ2) is 14.5. The Hall–Kier alpha value is -2.73. The number of unbranched alkanes of at least 4 members (excludes halogenated alkanes) is 10. The van der Waals surface area contributed by atoms with Crippen LogP contribution in [0.5, 0.6) is 11.5 Å². The van der Waals surface area contributed by atoms with Gasteiger partial charge in [0.25, 0.3) is 0 Å². The molecule has 5 nitrogen and oxygen atoms in total. The molecule has 1 aromatic heterocycles. The van der Waals surface area contributed by atoms with E-state index in [9.17, 15) is 9.90 Å². The van der Waals surface area contributed by atoms with Gasteiger partial charge in [0.15, 0.2) is 0 Å². The zero-order valence-corrected chi connectivity index (χ0v) is 21.0. The number of carbonyl (C=O) groups excluding carboxylic acids is 1. The van der Waals surface area contributed by atoms with E-state index >= 15 is 0 Å². The normalized spacial score (nSPS) is 11.4. The number of fused-ring (bicyclic) bond motifs is 1. The lowest BCUT2D eigenvalue weighted by Gasteiger charge is -2.06. The quantitative estimate of drug-likeness (QED) is 0.103. The van der Waals surface area contributed by atoms with E-state index in [0.29, 0.717) is 22.9 Å². The van der Waals surface area contributed by atoms with Crippen LogP contribution in [0.25, 0.3) is 10.2 Å². The summed E-state index contributed by atoms with van der Waals surface area (Å²) in [5.41, 5.74) is 1.45. The first kappa shape index (κ1) is 25.9. The van der Waals surface area contributed by atoms with E-state index in [2.05, 4.69) is 16.9 Å². The predicted octanol–water partition coefficient (Wildman–Crippen LogP) is 8.36. The summed E-state index contributed by atoms with van der Waals surface area (Å²) in [6.07, 6.45) is 15.7. The molecular formula is C28H36N2O3S. The molecule has 182 valence electrons. The molecule has 0 fully saturated rings. The minimum atomic E-state index is -0.258. The van der Waals surface area contributed by atoms with Crippen molar-refractivity contribution in [1.29, 1.82) is 0 Å². The van der Waals surface area contributed by atoms with Crippen LogP contribution in [0.3, 0.4) is 0 Å². The van der Waals surface area contributed by atoms with Crippen LogP contribution in [0.4, 0.5) is 5.13 Å². The molecule has 0 amide bonds. The number of hydrogen-bond donors (Lipinski definition) is 1. The number of phenols is 1. The highest BCUT2D eigenvalue weighted by Crippen LogP contribution is 2.28. The second-order valence-corrected chi connectivity index (χ2v) is 9.71. The SMILES string of the molecule is CCCCCCCCCCCCCC(=O)Oc1ccc(/C=N/c2nc3ccccc3s2)c(O)c1. The molecule has 1 heterocycles. The van der Waals surface area contributed by atoms with Crippen molar-refractivity contribution in [3.05, 3.63) is 48.0 Å². The van der Waals surface area contributed by atoms with Crippen LogP contribution in [0.2, 0.25) is 0 Å². The molecule has 0 saturated heterocycles. The molecule has 6 heteroatoms. The van der Waals surface area contributed by atoms with E-state index < -0.39 is 0 Å². The molecule has 2 aromatic carbocycles. The van der Waals surface area contributed by atoms with E-state index in [1.165, 1.54) is 75.2 Å². The number of aromatic hydroxyl groups is 1. The summed E-state index contributed by atoms with van der Waals surface area (Å²) >= 11 is 1.49. The van der Waals surface area contributed by atoms with Gasteiger partial charge in [-0.05, 0) is 30.7 Å². The zero-order valence-electron chi connectivity index (χ0n) is 20.2.